The van der Waals surface area contributed by atoms with Crippen molar-refractivity contribution in [2.45, 2.75) is 12.5 Å². The van der Waals surface area contributed by atoms with Crippen LogP contribution in [0, 0.1) is 11.6 Å². The van der Waals surface area contributed by atoms with Crippen molar-refractivity contribution in [2.24, 2.45) is 0 Å². The van der Waals surface area contributed by atoms with Crippen molar-refractivity contribution >= 4 is 11.6 Å². The molecule has 1 nitrogen and oxygen atoms in total. The molecule has 0 radical (unpaired) electrons. The molecule has 0 saturated heterocycles. The van der Waals surface area contributed by atoms with E-state index in [2.05, 4.69) is 0 Å². The lowest BCUT2D eigenvalue weighted by Gasteiger charge is -2.07. The van der Waals surface area contributed by atoms with Crippen molar-refractivity contribution in [1.82, 2.24) is 0 Å². The number of halogens is 3. The summed E-state index contributed by atoms with van der Waals surface area (Å²) in [4.78, 5) is 0. The van der Waals surface area contributed by atoms with Gasteiger partial charge in [0.05, 0.1) is 6.10 Å². The summed E-state index contributed by atoms with van der Waals surface area (Å²) in [5.74, 6) is -1.03. The van der Waals surface area contributed by atoms with Gasteiger partial charge in [-0.25, -0.2) is 8.78 Å². The van der Waals surface area contributed by atoms with E-state index in [1.165, 1.54) is 0 Å². The van der Waals surface area contributed by atoms with Gasteiger partial charge in [0.1, 0.15) is 11.6 Å². The van der Waals surface area contributed by atoms with E-state index in [0.29, 0.717) is 0 Å². The average Bonchev–Trinajstić information content (AvgIpc) is 2.11. The molecule has 0 aliphatic heterocycles. The molecule has 0 heterocycles. The van der Waals surface area contributed by atoms with Crippen molar-refractivity contribution in [3.8, 4) is 0 Å². The van der Waals surface area contributed by atoms with Gasteiger partial charge in [-0.15, -0.1) is 11.6 Å². The van der Waals surface area contributed by atoms with Gasteiger partial charge in [0.25, 0.3) is 0 Å². The highest BCUT2D eigenvalue weighted by atomic mass is 35.5. The Hall–Kier alpha value is -0.670. The fourth-order valence-electron chi connectivity index (χ4n) is 1.01. The Labute approximate surface area is 80.0 Å². The highest BCUT2D eigenvalue weighted by Gasteiger charge is 2.09. The van der Waals surface area contributed by atoms with E-state index in [1.54, 1.807) is 0 Å². The van der Waals surface area contributed by atoms with Crippen LogP contribution >= 0.6 is 11.6 Å². The summed E-state index contributed by atoms with van der Waals surface area (Å²) in [6.07, 6.45) is -0.800. The summed E-state index contributed by atoms with van der Waals surface area (Å²) < 4.78 is 25.6. The molecule has 1 aromatic carbocycles. The standard InChI is InChI=1S/C9H9ClF2O/c10-5-8(13)4-6-3-7(11)1-2-9(6)12/h1-3,8,13H,4-5H2. The molecule has 0 aromatic heterocycles. The lowest BCUT2D eigenvalue weighted by atomic mass is 10.1. The summed E-state index contributed by atoms with van der Waals surface area (Å²) in [5.41, 5.74) is 0.146. The van der Waals surface area contributed by atoms with Crippen LogP contribution in [0.5, 0.6) is 0 Å². The molecule has 1 N–H and O–H groups in total. The largest absolute Gasteiger partial charge is 0.392 e. The first-order valence-electron chi connectivity index (χ1n) is 3.81. The van der Waals surface area contributed by atoms with E-state index < -0.39 is 17.7 Å². The van der Waals surface area contributed by atoms with Crippen LogP contribution in [0.4, 0.5) is 8.78 Å². The second-order valence-corrected chi connectivity index (χ2v) is 3.06. The van der Waals surface area contributed by atoms with Crippen LogP contribution < -0.4 is 0 Å². The minimum atomic E-state index is -0.835. The fraction of sp³-hybridized carbons (Fsp3) is 0.333. The molecule has 1 unspecified atom stereocenters. The molecular formula is C9H9ClF2O. The lowest BCUT2D eigenvalue weighted by Crippen LogP contribution is -2.13. The molecule has 0 bridgehead atoms. The summed E-state index contributed by atoms with van der Waals surface area (Å²) in [6, 6.07) is 3.13. The number of aliphatic hydroxyl groups excluding tert-OH is 1. The third-order valence-corrected chi connectivity index (χ3v) is 2.00. The molecule has 1 atom stereocenters. The smallest absolute Gasteiger partial charge is 0.126 e. The van der Waals surface area contributed by atoms with Gasteiger partial charge in [-0.3, -0.25) is 0 Å². The molecule has 0 saturated carbocycles. The monoisotopic (exact) mass is 206 g/mol. The summed E-state index contributed by atoms with van der Waals surface area (Å²) in [6.45, 7) is 0. The van der Waals surface area contributed by atoms with Crippen molar-refractivity contribution in [3.63, 3.8) is 0 Å². The second kappa shape index (κ2) is 4.53. The number of aliphatic hydroxyl groups is 1. The molecule has 4 heteroatoms. The third-order valence-electron chi connectivity index (χ3n) is 1.64. The van der Waals surface area contributed by atoms with Gasteiger partial charge in [0, 0.05) is 12.3 Å². The Kier molecular flexibility index (Phi) is 3.63. The lowest BCUT2D eigenvalue weighted by molar-refractivity contribution is 0.197. The van der Waals surface area contributed by atoms with E-state index >= 15 is 0 Å². The SMILES string of the molecule is OC(CCl)Cc1cc(F)ccc1F. The number of hydrogen-bond donors (Lipinski definition) is 1. The maximum Gasteiger partial charge on any atom is 0.126 e. The average molecular weight is 207 g/mol. The summed E-state index contributed by atoms with van der Waals surface area (Å²) in [7, 11) is 0. The first-order valence-corrected chi connectivity index (χ1v) is 4.35. The second-order valence-electron chi connectivity index (χ2n) is 2.75. The van der Waals surface area contributed by atoms with Gasteiger partial charge < -0.3 is 5.11 Å². The van der Waals surface area contributed by atoms with Crippen LogP contribution in [-0.2, 0) is 6.42 Å². The molecule has 13 heavy (non-hydrogen) atoms. The predicted octanol–water partition coefficient (Wildman–Crippen LogP) is 2.11. The Balaban J connectivity index is 2.81. The normalized spacial score (nSPS) is 12.9. The van der Waals surface area contributed by atoms with Gasteiger partial charge in [-0.05, 0) is 23.8 Å². The van der Waals surface area contributed by atoms with Crippen LogP contribution in [0.3, 0.4) is 0 Å². The molecule has 1 aromatic rings. The number of rotatable bonds is 3. The van der Waals surface area contributed by atoms with Gasteiger partial charge in [0.15, 0.2) is 0 Å². The van der Waals surface area contributed by atoms with Gasteiger partial charge >= 0.3 is 0 Å². The molecule has 72 valence electrons. The Morgan fingerprint density at radius 1 is 1.38 bits per heavy atom. The van der Waals surface area contributed by atoms with Crippen LogP contribution in [0.1, 0.15) is 5.56 Å². The zero-order chi connectivity index (χ0) is 9.84. The zero-order valence-corrected chi connectivity index (χ0v) is 7.56. The third kappa shape index (κ3) is 2.94. The molecule has 0 fully saturated rings. The number of alkyl halides is 1. The molecule has 0 spiro atoms. The Morgan fingerprint density at radius 2 is 2.08 bits per heavy atom. The van der Waals surface area contributed by atoms with Crippen LogP contribution in [0.25, 0.3) is 0 Å². The topological polar surface area (TPSA) is 20.2 Å². The van der Waals surface area contributed by atoms with E-state index in [-0.39, 0.29) is 17.9 Å². The molecule has 0 aliphatic carbocycles. The minimum absolute atomic E-state index is 0.00987. The maximum absolute atomic E-state index is 12.9. The first-order chi connectivity index (χ1) is 6.13. The van der Waals surface area contributed by atoms with Crippen molar-refractivity contribution in [2.75, 3.05) is 5.88 Å². The Bertz CT molecular complexity index is 291. The van der Waals surface area contributed by atoms with Gasteiger partial charge in [-0.1, -0.05) is 0 Å². The quantitative estimate of drug-likeness (QED) is 0.751. The maximum atomic E-state index is 12.9. The van der Waals surface area contributed by atoms with E-state index in [9.17, 15) is 8.78 Å². The van der Waals surface area contributed by atoms with E-state index in [1.807, 2.05) is 0 Å². The van der Waals surface area contributed by atoms with Gasteiger partial charge in [0.2, 0.25) is 0 Å². The molecular weight excluding hydrogens is 198 g/mol. The van der Waals surface area contributed by atoms with Crippen LogP contribution in [0.15, 0.2) is 18.2 Å². The minimum Gasteiger partial charge on any atom is -0.392 e. The van der Waals surface area contributed by atoms with Crippen LogP contribution in [-0.4, -0.2) is 17.1 Å². The molecule has 0 amide bonds. The first kappa shape index (κ1) is 10.4. The van der Waals surface area contributed by atoms with Crippen molar-refractivity contribution in [1.29, 1.82) is 0 Å². The summed E-state index contributed by atoms with van der Waals surface area (Å²) in [5, 5.41) is 9.11. The molecule has 0 aliphatic rings. The Morgan fingerprint density at radius 3 is 2.69 bits per heavy atom. The van der Waals surface area contributed by atoms with Crippen molar-refractivity contribution in [3.05, 3.63) is 35.4 Å². The van der Waals surface area contributed by atoms with E-state index in [4.69, 9.17) is 16.7 Å². The zero-order valence-electron chi connectivity index (χ0n) is 6.80. The number of hydrogen-bond acceptors (Lipinski definition) is 1. The fourth-order valence-corrected chi connectivity index (χ4v) is 1.12. The number of benzene rings is 1. The highest BCUT2D eigenvalue weighted by Crippen LogP contribution is 2.12. The van der Waals surface area contributed by atoms with Gasteiger partial charge in [-0.2, -0.15) is 0 Å². The van der Waals surface area contributed by atoms with Crippen molar-refractivity contribution < 1.29 is 13.9 Å². The molecule has 1 rings (SSSR count). The van der Waals surface area contributed by atoms with Crippen LogP contribution in [0.2, 0.25) is 0 Å². The van der Waals surface area contributed by atoms with E-state index in [0.717, 1.165) is 18.2 Å². The summed E-state index contributed by atoms with van der Waals surface area (Å²) >= 11 is 5.33. The predicted molar refractivity (Wildman–Crippen MR) is 46.8 cm³/mol. The highest BCUT2D eigenvalue weighted by molar-refractivity contribution is 6.18.